The Hall–Kier alpha value is 0.1000. The minimum absolute atomic E-state index is 0.189. The first-order valence-electron chi connectivity index (χ1n) is 3.18. The van der Waals surface area contributed by atoms with Crippen LogP contribution in [-0.4, -0.2) is 21.5 Å². The highest BCUT2D eigenvalue weighted by molar-refractivity contribution is 9.12. The lowest BCUT2D eigenvalue weighted by Crippen LogP contribution is -2.50. The highest BCUT2D eigenvalue weighted by Gasteiger charge is 2.39. The van der Waals surface area contributed by atoms with Crippen molar-refractivity contribution in [2.24, 2.45) is 0 Å². The van der Waals surface area contributed by atoms with Gasteiger partial charge in [0.25, 0.3) is 0 Å². The molecule has 1 N–H and O–H groups in total. The van der Waals surface area contributed by atoms with E-state index in [4.69, 9.17) is 0 Å². The first-order valence-corrected chi connectivity index (χ1v) is 5.09. The van der Waals surface area contributed by atoms with E-state index in [2.05, 4.69) is 37.2 Å². The number of hydrogen-bond acceptors (Lipinski definition) is 2. The van der Waals surface area contributed by atoms with Crippen LogP contribution >= 0.6 is 31.9 Å². The van der Waals surface area contributed by atoms with Crippen molar-refractivity contribution in [3.8, 4) is 0 Å². The van der Waals surface area contributed by atoms with Crippen LogP contribution in [0.2, 0.25) is 0 Å². The van der Waals surface area contributed by atoms with Crippen LogP contribution in [0.4, 0.5) is 0 Å². The number of halogens is 2. The highest BCUT2D eigenvalue weighted by atomic mass is 79.9. The summed E-state index contributed by atoms with van der Waals surface area (Å²) in [5, 5.41) is 2.79. The fourth-order valence-electron chi connectivity index (χ4n) is 0.854. The van der Waals surface area contributed by atoms with Gasteiger partial charge in [-0.1, -0.05) is 31.9 Å². The molecule has 1 aliphatic heterocycles. The number of rotatable bonds is 1. The molecule has 0 aromatic carbocycles. The zero-order valence-corrected chi connectivity index (χ0v) is 8.87. The molecule has 1 heterocycles. The minimum Gasteiger partial charge on any atom is -0.295 e. The SMILES string of the molecule is O=C1CCC(Br)(CBr)C(=O)N1. The number of nitrogens with one attached hydrogen (secondary N) is 1. The maximum Gasteiger partial charge on any atom is 0.244 e. The highest BCUT2D eigenvalue weighted by Crippen LogP contribution is 2.29. The van der Waals surface area contributed by atoms with Crippen molar-refractivity contribution in [2.75, 3.05) is 5.33 Å². The summed E-state index contributed by atoms with van der Waals surface area (Å²) in [7, 11) is 0. The minimum atomic E-state index is -0.582. The van der Waals surface area contributed by atoms with Gasteiger partial charge in [0, 0.05) is 11.8 Å². The summed E-state index contributed by atoms with van der Waals surface area (Å²) < 4.78 is -0.582. The average Bonchev–Trinajstić information content (AvgIpc) is 1.98. The molecule has 0 bridgehead atoms. The molecule has 0 aliphatic carbocycles. The van der Waals surface area contributed by atoms with Crippen molar-refractivity contribution < 1.29 is 9.59 Å². The Kier molecular flexibility index (Phi) is 2.70. The summed E-state index contributed by atoms with van der Waals surface area (Å²) in [6.45, 7) is 0. The van der Waals surface area contributed by atoms with Gasteiger partial charge in [0.05, 0.1) is 0 Å². The van der Waals surface area contributed by atoms with Gasteiger partial charge >= 0.3 is 0 Å². The Morgan fingerprint density at radius 3 is 2.64 bits per heavy atom. The lowest BCUT2D eigenvalue weighted by atomic mass is 10.0. The van der Waals surface area contributed by atoms with E-state index in [9.17, 15) is 9.59 Å². The fraction of sp³-hybridized carbons (Fsp3) is 0.667. The Morgan fingerprint density at radius 1 is 1.55 bits per heavy atom. The third-order valence-electron chi connectivity index (χ3n) is 1.62. The zero-order chi connectivity index (χ0) is 8.48. The van der Waals surface area contributed by atoms with Crippen LogP contribution < -0.4 is 5.32 Å². The molecule has 0 saturated carbocycles. The van der Waals surface area contributed by atoms with Crippen molar-refractivity contribution in [1.29, 1.82) is 0 Å². The standard InChI is InChI=1S/C6H7Br2NO2/c7-3-6(8)2-1-4(10)9-5(6)11/h1-3H2,(H,9,10,11). The predicted octanol–water partition coefficient (Wildman–Crippen LogP) is 0.952. The second kappa shape index (κ2) is 3.23. The van der Waals surface area contributed by atoms with Crippen LogP contribution in [0.5, 0.6) is 0 Å². The molecule has 1 aliphatic rings. The number of carbonyl (C=O) groups excluding carboxylic acids is 2. The molecule has 5 heteroatoms. The van der Waals surface area contributed by atoms with Gasteiger partial charge in [0.2, 0.25) is 11.8 Å². The topological polar surface area (TPSA) is 46.2 Å². The molecule has 1 saturated heterocycles. The van der Waals surface area contributed by atoms with Gasteiger partial charge in [0.15, 0.2) is 0 Å². The van der Waals surface area contributed by atoms with Crippen LogP contribution in [0.3, 0.4) is 0 Å². The molecule has 62 valence electrons. The van der Waals surface area contributed by atoms with Gasteiger partial charge < -0.3 is 0 Å². The van der Waals surface area contributed by atoms with Gasteiger partial charge in [-0.15, -0.1) is 0 Å². The molecule has 1 unspecified atom stereocenters. The quantitative estimate of drug-likeness (QED) is 0.576. The maximum atomic E-state index is 11.1. The van der Waals surface area contributed by atoms with Crippen molar-refractivity contribution >= 4 is 43.7 Å². The molecule has 0 aromatic heterocycles. The zero-order valence-electron chi connectivity index (χ0n) is 5.69. The smallest absolute Gasteiger partial charge is 0.244 e. The van der Waals surface area contributed by atoms with Crippen LogP contribution in [-0.2, 0) is 9.59 Å². The number of amides is 2. The number of piperidine rings is 1. The van der Waals surface area contributed by atoms with E-state index in [1.54, 1.807) is 0 Å². The Labute approximate surface area is 81.2 Å². The van der Waals surface area contributed by atoms with E-state index >= 15 is 0 Å². The van der Waals surface area contributed by atoms with Crippen LogP contribution in [0.15, 0.2) is 0 Å². The fourth-order valence-corrected chi connectivity index (χ4v) is 1.69. The summed E-state index contributed by atoms with van der Waals surface area (Å²) in [5.41, 5.74) is 0. The predicted molar refractivity (Wildman–Crippen MR) is 47.8 cm³/mol. The first-order chi connectivity index (χ1) is 5.08. The van der Waals surface area contributed by atoms with Crippen molar-refractivity contribution in [3.63, 3.8) is 0 Å². The van der Waals surface area contributed by atoms with Crippen LogP contribution in [0.25, 0.3) is 0 Å². The third-order valence-corrected chi connectivity index (χ3v) is 4.37. The van der Waals surface area contributed by atoms with Crippen LogP contribution in [0.1, 0.15) is 12.8 Å². The third kappa shape index (κ3) is 1.82. The maximum absolute atomic E-state index is 11.1. The summed E-state index contributed by atoms with van der Waals surface area (Å²) >= 11 is 6.48. The molecule has 1 atom stereocenters. The second-order valence-electron chi connectivity index (χ2n) is 2.48. The number of carbonyl (C=O) groups is 2. The monoisotopic (exact) mass is 283 g/mol. The molecule has 0 aromatic rings. The number of imide groups is 1. The average molecular weight is 285 g/mol. The van der Waals surface area contributed by atoms with Gasteiger partial charge in [-0.05, 0) is 6.42 Å². The van der Waals surface area contributed by atoms with Crippen LogP contribution in [0, 0.1) is 0 Å². The number of hydrogen-bond donors (Lipinski definition) is 1. The van der Waals surface area contributed by atoms with E-state index in [0.29, 0.717) is 18.2 Å². The molecule has 0 spiro atoms. The summed E-state index contributed by atoms with van der Waals surface area (Å²) in [6.07, 6.45) is 0.964. The van der Waals surface area contributed by atoms with E-state index < -0.39 is 4.32 Å². The normalized spacial score (nSPS) is 31.8. The van der Waals surface area contributed by atoms with Gasteiger partial charge in [-0.25, -0.2) is 0 Å². The molecular formula is C6H7Br2NO2. The van der Waals surface area contributed by atoms with E-state index in [1.807, 2.05) is 0 Å². The van der Waals surface area contributed by atoms with Crippen molar-refractivity contribution in [2.45, 2.75) is 17.2 Å². The molecule has 1 fully saturated rings. The van der Waals surface area contributed by atoms with Gasteiger partial charge in [-0.3, -0.25) is 14.9 Å². The summed E-state index contributed by atoms with van der Waals surface area (Å²) in [4.78, 5) is 21.9. The van der Waals surface area contributed by atoms with Crippen molar-refractivity contribution in [1.82, 2.24) is 5.32 Å². The molecule has 3 nitrogen and oxygen atoms in total. The largest absolute Gasteiger partial charge is 0.295 e. The second-order valence-corrected chi connectivity index (χ2v) is 4.55. The lowest BCUT2D eigenvalue weighted by molar-refractivity contribution is -0.134. The van der Waals surface area contributed by atoms with E-state index in [1.165, 1.54) is 0 Å². The molecule has 1 rings (SSSR count). The first kappa shape index (κ1) is 9.19. The van der Waals surface area contributed by atoms with Gasteiger partial charge in [0.1, 0.15) is 4.32 Å². The van der Waals surface area contributed by atoms with E-state index in [0.717, 1.165) is 0 Å². The Morgan fingerprint density at radius 2 is 2.18 bits per heavy atom. The Balaban J connectivity index is 2.71. The number of alkyl halides is 2. The lowest BCUT2D eigenvalue weighted by Gasteiger charge is -2.27. The Bertz CT molecular complexity index is 207. The van der Waals surface area contributed by atoms with E-state index in [-0.39, 0.29) is 11.8 Å². The summed E-state index contributed by atoms with van der Waals surface area (Å²) in [6, 6.07) is 0. The molecule has 2 amide bonds. The molecule has 0 radical (unpaired) electrons. The summed E-state index contributed by atoms with van der Waals surface area (Å²) in [5.74, 6) is -0.434. The molecular weight excluding hydrogens is 278 g/mol. The van der Waals surface area contributed by atoms with Crippen molar-refractivity contribution in [3.05, 3.63) is 0 Å². The van der Waals surface area contributed by atoms with Gasteiger partial charge in [-0.2, -0.15) is 0 Å². The molecule has 11 heavy (non-hydrogen) atoms.